The number of piperazine rings is 1. The summed E-state index contributed by atoms with van der Waals surface area (Å²) >= 11 is 1.66. The number of hydrogen-bond acceptors (Lipinski definition) is 4. The van der Waals surface area contributed by atoms with Gasteiger partial charge < -0.3 is 10.2 Å². The third-order valence-electron chi connectivity index (χ3n) is 4.25. The van der Waals surface area contributed by atoms with Crippen molar-refractivity contribution < 1.29 is 4.79 Å². The zero-order chi connectivity index (χ0) is 16.2. The van der Waals surface area contributed by atoms with E-state index in [-0.39, 0.29) is 24.4 Å². The molecule has 1 aliphatic rings. The maximum absolute atomic E-state index is 13.1. The van der Waals surface area contributed by atoms with Gasteiger partial charge in [0, 0.05) is 42.5 Å². The van der Waals surface area contributed by atoms with E-state index in [0.29, 0.717) is 6.54 Å². The molecule has 0 bridgehead atoms. The molecule has 1 atom stereocenters. The molecule has 2 aromatic rings. The van der Waals surface area contributed by atoms with Gasteiger partial charge in [0.05, 0.1) is 6.04 Å². The van der Waals surface area contributed by atoms with Crippen LogP contribution in [0.3, 0.4) is 0 Å². The molecule has 1 saturated heterocycles. The molecule has 1 unspecified atom stereocenters. The lowest BCUT2D eigenvalue weighted by Gasteiger charge is -2.36. The van der Waals surface area contributed by atoms with Gasteiger partial charge in [0.25, 0.3) is 5.91 Å². The van der Waals surface area contributed by atoms with Crippen molar-refractivity contribution in [1.29, 1.82) is 0 Å². The number of benzene rings is 1. The van der Waals surface area contributed by atoms with Gasteiger partial charge in [-0.1, -0.05) is 12.1 Å². The summed E-state index contributed by atoms with van der Waals surface area (Å²) in [5.74, 6) is 0.105. The van der Waals surface area contributed by atoms with E-state index in [9.17, 15) is 4.79 Å². The highest BCUT2D eigenvalue weighted by Crippen LogP contribution is 2.26. The molecule has 0 radical (unpaired) electrons. The van der Waals surface area contributed by atoms with Gasteiger partial charge >= 0.3 is 0 Å². The van der Waals surface area contributed by atoms with E-state index in [1.54, 1.807) is 18.0 Å². The fourth-order valence-electron chi connectivity index (χ4n) is 2.93. The lowest BCUT2D eigenvalue weighted by molar-refractivity contribution is 0.0633. The Morgan fingerprint density at radius 3 is 2.92 bits per heavy atom. The first kappa shape index (κ1) is 18.8. The number of carbonyl (C=O) groups is 1. The van der Waals surface area contributed by atoms with E-state index < -0.39 is 0 Å². The fraction of sp³-hybridized carbons (Fsp3) is 0.333. The Hall–Kier alpha value is -1.56. The lowest BCUT2D eigenvalue weighted by atomic mass is 10.0. The minimum Gasteiger partial charge on any atom is -0.329 e. The van der Waals surface area contributed by atoms with Crippen LogP contribution in [0.5, 0.6) is 0 Å². The summed E-state index contributed by atoms with van der Waals surface area (Å²) in [6.45, 7) is 4.29. The number of halogens is 1. The van der Waals surface area contributed by atoms with E-state index in [4.69, 9.17) is 0 Å². The van der Waals surface area contributed by atoms with Crippen LogP contribution in [0, 0.1) is 6.92 Å². The Kier molecular flexibility index (Phi) is 6.66. The Morgan fingerprint density at radius 1 is 1.38 bits per heavy atom. The van der Waals surface area contributed by atoms with Gasteiger partial charge in [0.2, 0.25) is 0 Å². The number of rotatable bonds is 3. The van der Waals surface area contributed by atoms with Crippen molar-refractivity contribution in [3.63, 3.8) is 0 Å². The molecule has 24 heavy (non-hydrogen) atoms. The molecule has 2 heterocycles. The molecular weight excluding hydrogens is 342 g/mol. The third kappa shape index (κ3) is 3.91. The Balaban J connectivity index is 0.00000208. The number of amides is 1. The van der Waals surface area contributed by atoms with Crippen LogP contribution in [-0.4, -0.2) is 41.7 Å². The molecule has 1 fully saturated rings. The van der Waals surface area contributed by atoms with Crippen molar-refractivity contribution in [2.75, 3.05) is 25.9 Å². The molecule has 1 aliphatic heterocycles. The summed E-state index contributed by atoms with van der Waals surface area (Å²) in [5.41, 5.74) is 2.90. The number of pyridine rings is 1. The van der Waals surface area contributed by atoms with Crippen LogP contribution in [0.15, 0.2) is 47.6 Å². The van der Waals surface area contributed by atoms with Crippen molar-refractivity contribution in [1.82, 2.24) is 15.2 Å². The summed E-state index contributed by atoms with van der Waals surface area (Å²) in [7, 11) is 0. The summed E-state index contributed by atoms with van der Waals surface area (Å²) in [6.07, 6.45) is 5.64. The molecule has 4 nitrogen and oxygen atoms in total. The maximum atomic E-state index is 13.1. The smallest absolute Gasteiger partial charge is 0.254 e. The third-order valence-corrected chi connectivity index (χ3v) is 4.97. The van der Waals surface area contributed by atoms with Gasteiger partial charge in [-0.05, 0) is 42.5 Å². The summed E-state index contributed by atoms with van der Waals surface area (Å²) in [5, 5.41) is 3.38. The Labute approximate surface area is 153 Å². The molecule has 1 N–H and O–H groups in total. The molecule has 0 spiro atoms. The van der Waals surface area contributed by atoms with E-state index in [2.05, 4.69) is 16.4 Å². The SMILES string of the molecule is CSc1ccc(C)c(C(=O)N2CCNCC2c2cccnc2)c1.Cl. The number of thioether (sulfide) groups is 1. The quantitative estimate of drug-likeness (QED) is 0.850. The molecule has 1 amide bonds. The summed E-state index contributed by atoms with van der Waals surface area (Å²) in [4.78, 5) is 20.4. The number of hydrogen-bond donors (Lipinski definition) is 1. The Bertz CT molecular complexity index is 696. The van der Waals surface area contributed by atoms with Crippen LogP contribution in [-0.2, 0) is 0 Å². The fourth-order valence-corrected chi connectivity index (χ4v) is 3.37. The highest BCUT2D eigenvalue weighted by atomic mass is 35.5. The van der Waals surface area contributed by atoms with E-state index in [1.807, 2.05) is 48.5 Å². The molecule has 1 aromatic carbocycles. The maximum Gasteiger partial charge on any atom is 0.254 e. The topological polar surface area (TPSA) is 45.2 Å². The molecule has 0 aliphatic carbocycles. The van der Waals surface area contributed by atoms with E-state index in [1.165, 1.54) is 0 Å². The molecule has 6 heteroatoms. The standard InChI is InChI=1S/C18H21N3OS.ClH/c1-13-5-6-15(23-2)10-16(13)18(22)21-9-8-20-12-17(21)14-4-3-7-19-11-14;/h3-7,10-11,17,20H,8-9,12H2,1-2H3;1H. The predicted molar refractivity (Wildman–Crippen MR) is 101 cm³/mol. The minimum atomic E-state index is 0. The van der Waals surface area contributed by atoms with Gasteiger partial charge in [-0.3, -0.25) is 9.78 Å². The van der Waals surface area contributed by atoms with Crippen LogP contribution in [0.2, 0.25) is 0 Å². The largest absolute Gasteiger partial charge is 0.329 e. The number of aryl methyl sites for hydroxylation is 1. The van der Waals surface area contributed by atoms with Crippen LogP contribution in [0.25, 0.3) is 0 Å². The van der Waals surface area contributed by atoms with Crippen molar-refractivity contribution in [3.05, 3.63) is 59.4 Å². The molecule has 1 aromatic heterocycles. The monoisotopic (exact) mass is 363 g/mol. The summed E-state index contributed by atoms with van der Waals surface area (Å²) in [6, 6.07) is 10.1. The van der Waals surface area contributed by atoms with Gasteiger partial charge in [0.15, 0.2) is 0 Å². The lowest BCUT2D eigenvalue weighted by Crippen LogP contribution is -2.48. The van der Waals surface area contributed by atoms with Crippen molar-refractivity contribution in [2.45, 2.75) is 17.9 Å². The van der Waals surface area contributed by atoms with Gasteiger partial charge in [0.1, 0.15) is 0 Å². The van der Waals surface area contributed by atoms with E-state index in [0.717, 1.165) is 34.7 Å². The van der Waals surface area contributed by atoms with Crippen LogP contribution >= 0.6 is 24.2 Å². The van der Waals surface area contributed by atoms with Crippen LogP contribution in [0.4, 0.5) is 0 Å². The second-order valence-corrected chi connectivity index (χ2v) is 6.57. The first-order valence-electron chi connectivity index (χ1n) is 7.77. The Morgan fingerprint density at radius 2 is 2.21 bits per heavy atom. The van der Waals surface area contributed by atoms with Crippen LogP contribution < -0.4 is 5.32 Å². The first-order chi connectivity index (χ1) is 11.2. The minimum absolute atomic E-state index is 0. The van der Waals surface area contributed by atoms with Gasteiger partial charge in [-0.25, -0.2) is 0 Å². The van der Waals surface area contributed by atoms with Crippen molar-refractivity contribution in [2.24, 2.45) is 0 Å². The normalized spacial score (nSPS) is 17.2. The van der Waals surface area contributed by atoms with Gasteiger partial charge in [-0.15, -0.1) is 24.2 Å². The van der Waals surface area contributed by atoms with E-state index >= 15 is 0 Å². The van der Waals surface area contributed by atoms with Crippen molar-refractivity contribution >= 4 is 30.1 Å². The highest BCUT2D eigenvalue weighted by Gasteiger charge is 2.29. The average Bonchev–Trinajstić information content (AvgIpc) is 2.62. The second kappa shape index (κ2) is 8.51. The number of aromatic nitrogens is 1. The molecular formula is C18H22ClN3OS. The zero-order valence-electron chi connectivity index (χ0n) is 13.9. The number of nitrogens with one attached hydrogen (secondary N) is 1. The van der Waals surface area contributed by atoms with Crippen LogP contribution in [0.1, 0.15) is 27.5 Å². The molecule has 128 valence electrons. The zero-order valence-corrected chi connectivity index (χ0v) is 15.5. The highest BCUT2D eigenvalue weighted by molar-refractivity contribution is 7.98. The number of carbonyl (C=O) groups excluding carboxylic acids is 1. The van der Waals surface area contributed by atoms with Gasteiger partial charge in [-0.2, -0.15) is 0 Å². The first-order valence-corrected chi connectivity index (χ1v) is 8.99. The molecule has 0 saturated carbocycles. The molecule has 3 rings (SSSR count). The summed E-state index contributed by atoms with van der Waals surface area (Å²) < 4.78 is 0. The number of nitrogens with zero attached hydrogens (tertiary/aromatic N) is 2. The average molecular weight is 364 g/mol. The predicted octanol–water partition coefficient (Wildman–Crippen LogP) is 3.32. The van der Waals surface area contributed by atoms with Crippen molar-refractivity contribution in [3.8, 4) is 0 Å². The second-order valence-electron chi connectivity index (χ2n) is 5.69.